The summed E-state index contributed by atoms with van der Waals surface area (Å²) in [5.41, 5.74) is 0. The number of alkyl halides is 4. The number of fused-ring (bicyclic) bond motifs is 1. The van der Waals surface area contributed by atoms with Gasteiger partial charge in [-0.2, -0.15) is 18.3 Å². The minimum absolute atomic E-state index is 0.00395. The first-order valence-electron chi connectivity index (χ1n) is 10.3. The normalized spacial score (nSPS) is 41.6. The fourth-order valence-electron chi connectivity index (χ4n) is 5.24. The minimum Gasteiger partial charge on any atom is -0.358 e. The molecule has 2 fully saturated rings. The van der Waals surface area contributed by atoms with Gasteiger partial charge in [0.25, 0.3) is 0 Å². The molecule has 0 bridgehead atoms. The number of carbonyl (C=O) groups is 1. The summed E-state index contributed by atoms with van der Waals surface area (Å²) in [5.74, 6) is 0.133. The molecule has 11 heteroatoms. The maximum absolute atomic E-state index is 13.1. The standard InChI is InChI=1S/C19H27ClF3N5O2/c1-10-3-14(11-4-13(20)17(30-2)24-5-11)26-15-8-28(18(29)16(10)15)12-6-25-27(7-12)9-19(21,22)23/h5-6,10-17,26H,3-4,7-9H2,1-2H3. The van der Waals surface area contributed by atoms with Crippen LogP contribution in [-0.2, 0) is 9.53 Å². The van der Waals surface area contributed by atoms with Gasteiger partial charge >= 0.3 is 6.18 Å². The second-order valence-electron chi connectivity index (χ2n) is 8.74. The number of amides is 1. The molecular weight excluding hydrogens is 423 g/mol. The number of nitrogens with one attached hydrogen (secondary N) is 1. The summed E-state index contributed by atoms with van der Waals surface area (Å²) < 4.78 is 43.2. The van der Waals surface area contributed by atoms with Crippen LogP contribution in [0.25, 0.3) is 0 Å². The molecule has 30 heavy (non-hydrogen) atoms. The number of nitrogens with zero attached hydrogens (tertiary/aromatic N) is 4. The highest BCUT2D eigenvalue weighted by Gasteiger charge is 2.51. The Morgan fingerprint density at radius 1 is 1.27 bits per heavy atom. The van der Waals surface area contributed by atoms with Gasteiger partial charge < -0.3 is 15.0 Å². The smallest absolute Gasteiger partial charge is 0.358 e. The third-order valence-electron chi connectivity index (χ3n) is 6.61. The van der Waals surface area contributed by atoms with Crippen molar-refractivity contribution in [1.82, 2.24) is 15.2 Å². The molecule has 7 nitrogen and oxygen atoms in total. The molecular formula is C19H27ClF3N5O2. The Bertz CT molecular complexity index is 721. The summed E-state index contributed by atoms with van der Waals surface area (Å²) in [6.07, 6.45) is 0.275. The molecule has 2 saturated heterocycles. The minimum atomic E-state index is -4.32. The van der Waals surface area contributed by atoms with Crippen molar-refractivity contribution in [2.75, 3.05) is 26.7 Å². The molecule has 0 aromatic carbocycles. The Morgan fingerprint density at radius 3 is 2.70 bits per heavy atom. The van der Waals surface area contributed by atoms with E-state index in [1.54, 1.807) is 12.0 Å². The van der Waals surface area contributed by atoms with E-state index in [0.29, 0.717) is 6.54 Å². The van der Waals surface area contributed by atoms with Crippen molar-refractivity contribution >= 4 is 29.9 Å². The Hall–Kier alpha value is -1.39. The largest absolute Gasteiger partial charge is 0.407 e. The molecule has 4 heterocycles. The lowest BCUT2D eigenvalue weighted by Crippen LogP contribution is -2.55. The lowest BCUT2D eigenvalue weighted by molar-refractivity contribution is -0.146. The zero-order valence-electron chi connectivity index (χ0n) is 16.9. The monoisotopic (exact) mass is 449 g/mol. The fraction of sp³-hybridized carbons (Fsp3) is 0.842. The van der Waals surface area contributed by atoms with Crippen LogP contribution in [-0.4, -0.2) is 90.9 Å². The molecule has 1 amide bonds. The van der Waals surface area contributed by atoms with Crippen molar-refractivity contribution in [2.24, 2.45) is 27.8 Å². The quantitative estimate of drug-likeness (QED) is 0.663. The van der Waals surface area contributed by atoms with Crippen LogP contribution in [0.4, 0.5) is 13.2 Å². The second kappa shape index (κ2) is 8.27. The molecule has 0 aromatic rings. The SMILES string of the molecule is COC1N=CC(C2CC(C)C3C(=O)N(C4C=NN(CC(F)(F)F)C4)CC3N2)CC1Cl. The molecule has 168 valence electrons. The summed E-state index contributed by atoms with van der Waals surface area (Å²) in [7, 11) is 1.59. The van der Waals surface area contributed by atoms with Gasteiger partial charge in [-0.25, -0.2) is 0 Å². The topological polar surface area (TPSA) is 69.5 Å². The average Bonchev–Trinajstić information content (AvgIpc) is 3.24. The maximum atomic E-state index is 13.1. The van der Waals surface area contributed by atoms with E-state index in [1.165, 1.54) is 6.21 Å². The molecule has 8 atom stereocenters. The predicted molar refractivity (Wildman–Crippen MR) is 107 cm³/mol. The van der Waals surface area contributed by atoms with Gasteiger partial charge in [0.1, 0.15) is 6.54 Å². The van der Waals surface area contributed by atoms with Crippen molar-refractivity contribution in [1.29, 1.82) is 0 Å². The van der Waals surface area contributed by atoms with Gasteiger partial charge in [-0.1, -0.05) is 6.92 Å². The van der Waals surface area contributed by atoms with Crippen LogP contribution in [0.15, 0.2) is 10.1 Å². The maximum Gasteiger partial charge on any atom is 0.407 e. The average molecular weight is 450 g/mol. The van der Waals surface area contributed by atoms with E-state index in [4.69, 9.17) is 16.3 Å². The predicted octanol–water partition coefficient (Wildman–Crippen LogP) is 1.71. The summed E-state index contributed by atoms with van der Waals surface area (Å²) in [6.45, 7) is 1.51. The number of hydrogen-bond donors (Lipinski definition) is 1. The zero-order valence-corrected chi connectivity index (χ0v) is 17.7. The molecule has 0 aliphatic carbocycles. The Kier molecular flexibility index (Phi) is 6.02. The zero-order chi connectivity index (χ0) is 21.6. The number of aliphatic imine (C=N–C) groups is 1. The Labute approximate surface area is 178 Å². The van der Waals surface area contributed by atoms with Crippen LogP contribution in [0.3, 0.4) is 0 Å². The van der Waals surface area contributed by atoms with Crippen LogP contribution < -0.4 is 5.32 Å². The van der Waals surface area contributed by atoms with E-state index < -0.39 is 18.8 Å². The third kappa shape index (κ3) is 4.31. The second-order valence-corrected chi connectivity index (χ2v) is 9.30. The van der Waals surface area contributed by atoms with Crippen molar-refractivity contribution in [3.8, 4) is 0 Å². The molecule has 8 unspecified atom stereocenters. The van der Waals surface area contributed by atoms with Gasteiger partial charge in [-0.15, -0.1) is 11.6 Å². The Balaban J connectivity index is 1.40. The number of methoxy groups -OCH3 is 1. The van der Waals surface area contributed by atoms with Gasteiger partial charge in [-0.3, -0.25) is 14.8 Å². The van der Waals surface area contributed by atoms with E-state index in [1.807, 2.05) is 6.21 Å². The molecule has 0 radical (unpaired) electrons. The number of carbonyl (C=O) groups excluding carboxylic acids is 1. The number of ether oxygens (including phenoxy) is 1. The highest BCUT2D eigenvalue weighted by molar-refractivity contribution is 6.21. The summed E-state index contributed by atoms with van der Waals surface area (Å²) >= 11 is 6.41. The van der Waals surface area contributed by atoms with Crippen LogP contribution in [0.1, 0.15) is 19.8 Å². The number of piperidine rings is 1. The van der Waals surface area contributed by atoms with Gasteiger partial charge in [0, 0.05) is 44.1 Å². The molecule has 4 aliphatic rings. The number of rotatable bonds is 4. The van der Waals surface area contributed by atoms with E-state index in [9.17, 15) is 18.0 Å². The van der Waals surface area contributed by atoms with E-state index in [2.05, 4.69) is 22.3 Å². The van der Waals surface area contributed by atoms with E-state index in [0.717, 1.165) is 17.9 Å². The van der Waals surface area contributed by atoms with Crippen LogP contribution in [0.2, 0.25) is 0 Å². The van der Waals surface area contributed by atoms with Crippen molar-refractivity contribution in [3.63, 3.8) is 0 Å². The van der Waals surface area contributed by atoms with Gasteiger partial charge in [0.2, 0.25) is 5.91 Å². The fourth-order valence-corrected chi connectivity index (χ4v) is 5.61. The lowest BCUT2D eigenvalue weighted by atomic mass is 9.76. The van der Waals surface area contributed by atoms with Crippen LogP contribution >= 0.6 is 11.6 Å². The molecule has 1 N–H and O–H groups in total. The summed E-state index contributed by atoms with van der Waals surface area (Å²) in [5, 5.41) is 8.25. The lowest BCUT2D eigenvalue weighted by Gasteiger charge is -2.41. The molecule has 4 aliphatic heterocycles. The highest BCUT2D eigenvalue weighted by atomic mass is 35.5. The van der Waals surface area contributed by atoms with Gasteiger partial charge in [0.05, 0.1) is 23.9 Å². The molecule has 0 spiro atoms. The summed E-state index contributed by atoms with van der Waals surface area (Å²) in [6, 6.07) is -0.321. The van der Waals surface area contributed by atoms with E-state index >= 15 is 0 Å². The van der Waals surface area contributed by atoms with Gasteiger partial charge in [-0.05, 0) is 18.8 Å². The van der Waals surface area contributed by atoms with Crippen molar-refractivity contribution in [3.05, 3.63) is 0 Å². The first-order chi connectivity index (χ1) is 14.2. The first-order valence-corrected chi connectivity index (χ1v) is 10.7. The molecule has 0 aromatic heterocycles. The first kappa shape index (κ1) is 21.8. The van der Waals surface area contributed by atoms with Crippen LogP contribution in [0.5, 0.6) is 0 Å². The number of hydrazone groups is 1. The summed E-state index contributed by atoms with van der Waals surface area (Å²) in [4.78, 5) is 19.2. The number of hydrogen-bond acceptors (Lipinski definition) is 6. The Morgan fingerprint density at radius 2 is 2.03 bits per heavy atom. The van der Waals surface area contributed by atoms with Gasteiger partial charge in [0.15, 0.2) is 6.23 Å². The third-order valence-corrected chi connectivity index (χ3v) is 7.01. The number of likely N-dealkylation sites (tertiary alicyclic amines) is 1. The van der Waals surface area contributed by atoms with E-state index in [-0.39, 0.29) is 53.9 Å². The molecule has 4 rings (SSSR count). The highest BCUT2D eigenvalue weighted by Crippen LogP contribution is 2.38. The van der Waals surface area contributed by atoms with Crippen molar-refractivity contribution in [2.45, 2.75) is 55.7 Å². The molecule has 0 saturated carbocycles. The van der Waals surface area contributed by atoms with Crippen molar-refractivity contribution < 1.29 is 22.7 Å². The number of halogens is 4. The van der Waals surface area contributed by atoms with Crippen LogP contribution in [0, 0.1) is 17.8 Å².